The van der Waals surface area contributed by atoms with E-state index in [0.717, 1.165) is 0 Å². The van der Waals surface area contributed by atoms with Gasteiger partial charge >= 0.3 is 0 Å². The molecule has 2 unspecified atom stereocenters. The van der Waals surface area contributed by atoms with E-state index in [1.54, 1.807) is 6.08 Å². The molecule has 0 aliphatic heterocycles. The highest BCUT2D eigenvalue weighted by Gasteiger charge is 2.17. The van der Waals surface area contributed by atoms with E-state index in [2.05, 4.69) is 18.8 Å². The normalized spacial score (nSPS) is 18.8. The molecule has 0 aliphatic carbocycles. The lowest BCUT2D eigenvalue weighted by Crippen LogP contribution is -2.05. The number of hydrogen-bond donors (Lipinski definition) is 1. The lowest BCUT2D eigenvalue weighted by molar-refractivity contribution is 0.198. The van der Waals surface area contributed by atoms with Crippen molar-refractivity contribution in [3.63, 3.8) is 0 Å². The van der Waals surface area contributed by atoms with Crippen LogP contribution in [0.3, 0.4) is 0 Å². The van der Waals surface area contributed by atoms with Gasteiger partial charge in [0.05, 0.1) is 12.2 Å². The van der Waals surface area contributed by atoms with Crippen molar-refractivity contribution >= 4 is 29.7 Å². The van der Waals surface area contributed by atoms with Gasteiger partial charge in [0.1, 0.15) is 0 Å². The second kappa shape index (κ2) is 5.40. The van der Waals surface area contributed by atoms with Crippen LogP contribution in [0, 0.1) is 0 Å². The Bertz CT molecular complexity index is 194. The molecule has 72 valence electrons. The van der Waals surface area contributed by atoms with Gasteiger partial charge in [-0.3, -0.25) is 0 Å². The third-order valence-electron chi connectivity index (χ3n) is 0.975. The summed E-state index contributed by atoms with van der Waals surface area (Å²) in [7, 11) is 0. The maximum Gasteiger partial charge on any atom is 0.245 e. The van der Waals surface area contributed by atoms with Gasteiger partial charge in [0, 0.05) is 0 Å². The molecule has 2 nitrogen and oxygen atoms in total. The Kier molecular flexibility index (Phi) is 5.70. The van der Waals surface area contributed by atoms with Crippen molar-refractivity contribution in [3.05, 3.63) is 12.7 Å². The maximum atomic E-state index is 5.35. The molecule has 0 aromatic heterocycles. The first-order valence-corrected chi connectivity index (χ1v) is 7.48. The highest BCUT2D eigenvalue weighted by molar-refractivity contribution is 8.60. The van der Waals surface area contributed by atoms with Crippen LogP contribution in [0.2, 0.25) is 0 Å². The topological polar surface area (TPSA) is 18.5 Å². The molecule has 0 saturated heterocycles. The molecule has 0 amide bonds. The van der Waals surface area contributed by atoms with Gasteiger partial charge in [0.25, 0.3) is 0 Å². The Labute approximate surface area is 84.7 Å². The average Bonchev–Trinajstić information content (AvgIpc) is 1.83. The predicted molar refractivity (Wildman–Crippen MR) is 60.2 cm³/mol. The van der Waals surface area contributed by atoms with Gasteiger partial charge in [-0.15, -0.1) is 6.58 Å². The molecule has 2 atom stereocenters. The van der Waals surface area contributed by atoms with Crippen LogP contribution in [-0.4, -0.2) is 12.2 Å². The van der Waals surface area contributed by atoms with Crippen LogP contribution in [0.4, 0.5) is 0 Å². The molecular weight excluding hydrogens is 211 g/mol. The molecule has 0 aromatic carbocycles. The van der Waals surface area contributed by atoms with Crippen molar-refractivity contribution in [1.82, 2.24) is 0 Å². The molecule has 5 heteroatoms. The van der Waals surface area contributed by atoms with E-state index in [9.17, 15) is 0 Å². The van der Waals surface area contributed by atoms with Gasteiger partial charge in [-0.2, -0.15) is 0 Å². The van der Waals surface area contributed by atoms with Gasteiger partial charge < -0.3 is 9.05 Å². The van der Waals surface area contributed by atoms with Crippen molar-refractivity contribution in [3.8, 4) is 0 Å². The highest BCUT2D eigenvalue weighted by Crippen LogP contribution is 2.55. The minimum absolute atomic E-state index is 0.0466. The van der Waals surface area contributed by atoms with E-state index in [1.165, 1.54) is 0 Å². The van der Waals surface area contributed by atoms with Crippen LogP contribution in [0.5, 0.6) is 0 Å². The molecule has 0 rings (SSSR count). The molecule has 0 bridgehead atoms. The van der Waals surface area contributed by atoms with Crippen molar-refractivity contribution < 1.29 is 9.05 Å². The zero-order valence-corrected chi connectivity index (χ0v) is 10.2. The summed E-state index contributed by atoms with van der Waals surface area (Å²) in [6, 6.07) is 0. The smallest absolute Gasteiger partial charge is 0.245 e. The van der Waals surface area contributed by atoms with Crippen LogP contribution >= 0.6 is 17.9 Å². The molecule has 12 heavy (non-hydrogen) atoms. The van der Waals surface area contributed by atoms with Crippen molar-refractivity contribution in [2.24, 2.45) is 0 Å². The molecule has 0 aromatic rings. The van der Waals surface area contributed by atoms with Crippen LogP contribution in [-0.2, 0) is 20.9 Å². The fourth-order valence-electron chi connectivity index (χ4n) is 0.544. The third kappa shape index (κ3) is 6.21. The summed E-state index contributed by atoms with van der Waals surface area (Å²) in [6.45, 7) is 9.24. The molecular formula is C7H15O2PS2. The summed E-state index contributed by atoms with van der Waals surface area (Å²) in [5.74, 6) is 0. The van der Waals surface area contributed by atoms with Crippen molar-refractivity contribution in [2.45, 2.75) is 33.0 Å². The molecule has 0 spiro atoms. The predicted octanol–water partition coefficient (Wildman–Crippen LogP) is 3.16. The molecule has 0 radical (unpaired) electrons. The minimum Gasteiger partial charge on any atom is -0.319 e. The highest BCUT2D eigenvalue weighted by atomic mass is 32.9. The van der Waals surface area contributed by atoms with Crippen molar-refractivity contribution in [2.75, 3.05) is 0 Å². The SMILES string of the molecule is C=CC(C)OP(=S)(S)OC(C)C. The second-order valence-electron chi connectivity index (χ2n) is 2.67. The number of thiol groups is 1. The zero-order valence-electron chi connectivity index (χ0n) is 7.56. The monoisotopic (exact) mass is 226 g/mol. The van der Waals surface area contributed by atoms with Gasteiger partial charge in [-0.1, -0.05) is 18.3 Å². The third-order valence-corrected chi connectivity index (χ3v) is 3.34. The summed E-state index contributed by atoms with van der Waals surface area (Å²) < 4.78 is 10.7. The summed E-state index contributed by atoms with van der Waals surface area (Å²) in [6.07, 6.45) is 1.61. The first-order valence-electron chi connectivity index (χ1n) is 3.69. The van der Waals surface area contributed by atoms with Gasteiger partial charge in [-0.25, -0.2) is 0 Å². The Balaban J connectivity index is 4.04. The number of hydrogen-bond acceptors (Lipinski definition) is 3. The lowest BCUT2D eigenvalue weighted by Gasteiger charge is -2.21. The molecule has 0 fully saturated rings. The minimum atomic E-state index is -2.36. The van der Waals surface area contributed by atoms with E-state index in [-0.39, 0.29) is 12.2 Å². The standard InChI is InChI=1S/C7H15O2PS2/c1-5-7(4)9-10(11,12)8-6(2)3/h5-7H,1H2,2-4H3,(H,11,12). The Morgan fingerprint density at radius 3 is 2.25 bits per heavy atom. The average molecular weight is 226 g/mol. The second-order valence-corrected chi connectivity index (χ2v) is 7.86. The molecule has 0 saturated carbocycles. The Morgan fingerprint density at radius 1 is 1.42 bits per heavy atom. The molecule has 0 aliphatic rings. The van der Waals surface area contributed by atoms with E-state index in [1.807, 2.05) is 20.8 Å². The van der Waals surface area contributed by atoms with E-state index >= 15 is 0 Å². The summed E-state index contributed by atoms with van der Waals surface area (Å²) in [5, 5.41) is 0. The van der Waals surface area contributed by atoms with E-state index in [0.29, 0.717) is 0 Å². The first-order chi connectivity index (χ1) is 5.37. The summed E-state index contributed by atoms with van der Waals surface area (Å²) in [4.78, 5) is 0. The van der Waals surface area contributed by atoms with Crippen LogP contribution in [0.25, 0.3) is 0 Å². The zero-order chi connectivity index (χ0) is 9.78. The molecule has 0 N–H and O–H groups in total. The number of rotatable bonds is 5. The Hall–Kier alpha value is 0.660. The van der Waals surface area contributed by atoms with Crippen LogP contribution < -0.4 is 0 Å². The molecule has 0 heterocycles. The first kappa shape index (κ1) is 12.7. The van der Waals surface area contributed by atoms with Crippen LogP contribution in [0.1, 0.15) is 20.8 Å². The Morgan fingerprint density at radius 2 is 1.92 bits per heavy atom. The quantitative estimate of drug-likeness (QED) is 0.441. The fraction of sp³-hybridized carbons (Fsp3) is 0.714. The lowest BCUT2D eigenvalue weighted by atomic mass is 10.4. The van der Waals surface area contributed by atoms with Gasteiger partial charge in [-0.05, 0) is 32.6 Å². The van der Waals surface area contributed by atoms with Crippen molar-refractivity contribution in [1.29, 1.82) is 0 Å². The van der Waals surface area contributed by atoms with E-state index in [4.69, 9.17) is 20.9 Å². The van der Waals surface area contributed by atoms with E-state index < -0.39 is 5.69 Å². The van der Waals surface area contributed by atoms with Gasteiger partial charge in [0.15, 0.2) is 0 Å². The van der Waals surface area contributed by atoms with Gasteiger partial charge in [0.2, 0.25) is 5.69 Å². The largest absolute Gasteiger partial charge is 0.319 e. The van der Waals surface area contributed by atoms with Crippen LogP contribution in [0.15, 0.2) is 12.7 Å². The maximum absolute atomic E-state index is 5.35. The fourth-order valence-corrected chi connectivity index (χ4v) is 3.57. The summed E-state index contributed by atoms with van der Waals surface area (Å²) in [5.41, 5.74) is -2.36. The summed E-state index contributed by atoms with van der Waals surface area (Å²) >= 11 is 9.20.